The summed E-state index contributed by atoms with van der Waals surface area (Å²) in [6, 6.07) is 8.77. The Kier molecular flexibility index (Phi) is 7.90. The molecule has 0 radical (unpaired) electrons. The van der Waals surface area contributed by atoms with Gasteiger partial charge in [-0.3, -0.25) is 9.89 Å². The predicted octanol–water partition coefficient (Wildman–Crippen LogP) is 1.64. The van der Waals surface area contributed by atoms with E-state index in [0.29, 0.717) is 0 Å². The Morgan fingerprint density at radius 2 is 2.09 bits per heavy atom. The molecular weight excluding hydrogens is 288 g/mol. The van der Waals surface area contributed by atoms with Crippen LogP contribution in [0.2, 0.25) is 0 Å². The van der Waals surface area contributed by atoms with Crippen LogP contribution in [0.3, 0.4) is 0 Å². The van der Waals surface area contributed by atoms with E-state index in [0.717, 1.165) is 64.7 Å². The van der Waals surface area contributed by atoms with Crippen molar-refractivity contribution in [1.29, 1.82) is 0 Å². The first-order chi connectivity index (χ1) is 11.3. The second kappa shape index (κ2) is 10.2. The van der Waals surface area contributed by atoms with Crippen LogP contribution in [0.4, 0.5) is 0 Å². The molecule has 1 aromatic carbocycles. The van der Waals surface area contributed by atoms with Crippen LogP contribution in [-0.2, 0) is 17.7 Å². The van der Waals surface area contributed by atoms with E-state index < -0.39 is 0 Å². The van der Waals surface area contributed by atoms with E-state index >= 15 is 0 Å². The van der Waals surface area contributed by atoms with Crippen LogP contribution >= 0.6 is 0 Å². The largest absolute Gasteiger partial charge is 0.385 e. The number of nitrogens with zero attached hydrogens (tertiary/aromatic N) is 2. The third-order valence-corrected chi connectivity index (χ3v) is 4.05. The van der Waals surface area contributed by atoms with Crippen LogP contribution < -0.4 is 10.6 Å². The molecule has 1 heterocycles. The Morgan fingerprint density at radius 3 is 2.87 bits per heavy atom. The fourth-order valence-corrected chi connectivity index (χ4v) is 2.82. The zero-order valence-electron chi connectivity index (χ0n) is 14.5. The SMILES string of the molecule is CCNC(=NCCCOC)NCCN1CCc2ccccc2C1. The van der Waals surface area contributed by atoms with Crippen molar-refractivity contribution >= 4 is 5.96 Å². The molecule has 1 aliphatic rings. The monoisotopic (exact) mass is 318 g/mol. The smallest absolute Gasteiger partial charge is 0.191 e. The van der Waals surface area contributed by atoms with Gasteiger partial charge in [0.15, 0.2) is 5.96 Å². The summed E-state index contributed by atoms with van der Waals surface area (Å²) in [5.74, 6) is 0.904. The molecule has 5 heteroatoms. The minimum atomic E-state index is 0.760. The average molecular weight is 318 g/mol. The van der Waals surface area contributed by atoms with Crippen molar-refractivity contribution in [3.63, 3.8) is 0 Å². The van der Waals surface area contributed by atoms with E-state index in [-0.39, 0.29) is 0 Å². The standard InChI is InChI=1S/C18H30N4O/c1-3-19-18(20-10-6-14-23-2)21-11-13-22-12-9-16-7-4-5-8-17(16)15-22/h4-5,7-8H,3,6,9-15H2,1-2H3,(H2,19,20,21). The van der Waals surface area contributed by atoms with Crippen LogP contribution in [-0.4, -0.2) is 57.3 Å². The van der Waals surface area contributed by atoms with Crippen LogP contribution in [0.25, 0.3) is 0 Å². The molecule has 0 amide bonds. The molecule has 0 saturated carbocycles. The quantitative estimate of drug-likeness (QED) is 0.435. The topological polar surface area (TPSA) is 48.9 Å². The predicted molar refractivity (Wildman–Crippen MR) is 95.9 cm³/mol. The highest BCUT2D eigenvalue weighted by Crippen LogP contribution is 2.17. The van der Waals surface area contributed by atoms with Crippen molar-refractivity contribution in [3.05, 3.63) is 35.4 Å². The lowest BCUT2D eigenvalue weighted by molar-refractivity contribution is 0.197. The highest BCUT2D eigenvalue weighted by atomic mass is 16.5. The Balaban J connectivity index is 1.72. The molecule has 0 fully saturated rings. The van der Waals surface area contributed by atoms with Crippen molar-refractivity contribution < 1.29 is 4.74 Å². The number of methoxy groups -OCH3 is 1. The average Bonchev–Trinajstić information content (AvgIpc) is 2.58. The number of aliphatic imine (C=N–C) groups is 1. The fourth-order valence-electron chi connectivity index (χ4n) is 2.82. The summed E-state index contributed by atoms with van der Waals surface area (Å²) >= 11 is 0. The summed E-state index contributed by atoms with van der Waals surface area (Å²) in [5.41, 5.74) is 2.98. The van der Waals surface area contributed by atoms with Gasteiger partial charge in [0.2, 0.25) is 0 Å². The second-order valence-corrected chi connectivity index (χ2v) is 5.83. The lowest BCUT2D eigenvalue weighted by Crippen LogP contribution is -2.42. The Bertz CT molecular complexity index is 490. The minimum absolute atomic E-state index is 0.760. The van der Waals surface area contributed by atoms with E-state index in [1.54, 1.807) is 7.11 Å². The van der Waals surface area contributed by atoms with E-state index in [9.17, 15) is 0 Å². The second-order valence-electron chi connectivity index (χ2n) is 5.83. The summed E-state index contributed by atoms with van der Waals surface area (Å²) in [4.78, 5) is 7.07. The van der Waals surface area contributed by atoms with Gasteiger partial charge in [-0.1, -0.05) is 24.3 Å². The highest BCUT2D eigenvalue weighted by molar-refractivity contribution is 5.79. The maximum absolute atomic E-state index is 5.06. The molecule has 0 aromatic heterocycles. The van der Waals surface area contributed by atoms with Gasteiger partial charge in [0.25, 0.3) is 0 Å². The van der Waals surface area contributed by atoms with Crippen molar-refractivity contribution in [2.24, 2.45) is 4.99 Å². The van der Waals surface area contributed by atoms with E-state index in [1.807, 2.05) is 0 Å². The number of ether oxygens (including phenoxy) is 1. The Hall–Kier alpha value is -1.59. The number of guanidine groups is 1. The summed E-state index contributed by atoms with van der Waals surface area (Å²) in [6.07, 6.45) is 2.11. The third kappa shape index (κ3) is 6.20. The van der Waals surface area contributed by atoms with Gasteiger partial charge in [0.05, 0.1) is 0 Å². The third-order valence-electron chi connectivity index (χ3n) is 4.05. The molecular formula is C18H30N4O. The number of hydrogen-bond donors (Lipinski definition) is 2. The summed E-state index contributed by atoms with van der Waals surface area (Å²) in [6.45, 7) is 8.67. The van der Waals surface area contributed by atoms with Gasteiger partial charge >= 0.3 is 0 Å². The molecule has 0 spiro atoms. The van der Waals surface area contributed by atoms with Gasteiger partial charge in [0, 0.05) is 53.0 Å². The van der Waals surface area contributed by atoms with E-state index in [1.165, 1.54) is 11.1 Å². The molecule has 23 heavy (non-hydrogen) atoms. The van der Waals surface area contributed by atoms with Crippen molar-refractivity contribution in [2.45, 2.75) is 26.3 Å². The zero-order chi connectivity index (χ0) is 16.3. The molecule has 128 valence electrons. The summed E-state index contributed by atoms with van der Waals surface area (Å²) in [7, 11) is 1.73. The summed E-state index contributed by atoms with van der Waals surface area (Å²) in [5, 5.41) is 6.72. The lowest BCUT2D eigenvalue weighted by atomic mass is 10.00. The Morgan fingerprint density at radius 1 is 1.26 bits per heavy atom. The van der Waals surface area contributed by atoms with Crippen molar-refractivity contribution in [1.82, 2.24) is 15.5 Å². The molecule has 0 saturated heterocycles. The minimum Gasteiger partial charge on any atom is -0.385 e. The zero-order valence-corrected chi connectivity index (χ0v) is 14.5. The van der Waals surface area contributed by atoms with Crippen LogP contribution in [0.5, 0.6) is 0 Å². The van der Waals surface area contributed by atoms with Crippen molar-refractivity contribution in [2.75, 3.05) is 46.4 Å². The fraction of sp³-hybridized carbons (Fsp3) is 0.611. The molecule has 2 N–H and O–H groups in total. The molecule has 1 aromatic rings. The molecule has 0 atom stereocenters. The van der Waals surface area contributed by atoms with Crippen LogP contribution in [0, 0.1) is 0 Å². The molecule has 2 rings (SSSR count). The van der Waals surface area contributed by atoms with Gasteiger partial charge in [-0.25, -0.2) is 0 Å². The van der Waals surface area contributed by atoms with Crippen LogP contribution in [0.1, 0.15) is 24.5 Å². The maximum Gasteiger partial charge on any atom is 0.191 e. The molecule has 5 nitrogen and oxygen atoms in total. The molecule has 0 bridgehead atoms. The first-order valence-corrected chi connectivity index (χ1v) is 8.63. The van der Waals surface area contributed by atoms with Gasteiger partial charge in [-0.05, 0) is 30.9 Å². The van der Waals surface area contributed by atoms with Gasteiger partial charge in [-0.15, -0.1) is 0 Å². The number of nitrogens with one attached hydrogen (secondary N) is 2. The van der Waals surface area contributed by atoms with Gasteiger partial charge < -0.3 is 15.4 Å². The first kappa shape index (κ1) is 17.8. The van der Waals surface area contributed by atoms with Gasteiger partial charge in [-0.2, -0.15) is 0 Å². The number of rotatable bonds is 8. The van der Waals surface area contributed by atoms with Crippen molar-refractivity contribution in [3.8, 4) is 0 Å². The molecule has 0 unspecified atom stereocenters. The number of hydrogen-bond acceptors (Lipinski definition) is 3. The number of benzene rings is 1. The molecule has 1 aliphatic heterocycles. The normalized spacial score (nSPS) is 15.3. The van der Waals surface area contributed by atoms with Crippen LogP contribution in [0.15, 0.2) is 29.3 Å². The lowest BCUT2D eigenvalue weighted by Gasteiger charge is -2.28. The first-order valence-electron chi connectivity index (χ1n) is 8.63. The molecule has 0 aliphatic carbocycles. The Labute approximate surface area is 140 Å². The van der Waals surface area contributed by atoms with Gasteiger partial charge in [0.1, 0.15) is 0 Å². The van der Waals surface area contributed by atoms with E-state index in [4.69, 9.17) is 4.74 Å². The maximum atomic E-state index is 5.06. The highest BCUT2D eigenvalue weighted by Gasteiger charge is 2.14. The van der Waals surface area contributed by atoms with E-state index in [2.05, 4.69) is 51.7 Å². The summed E-state index contributed by atoms with van der Waals surface area (Å²) < 4.78 is 5.06. The number of fused-ring (bicyclic) bond motifs is 1.